The highest BCUT2D eigenvalue weighted by Gasteiger charge is 2.14. The normalized spacial score (nSPS) is 18.2. The van der Waals surface area contributed by atoms with Gasteiger partial charge in [0.05, 0.1) is 6.67 Å². The Kier molecular flexibility index (Phi) is 4.83. The van der Waals surface area contributed by atoms with Crippen molar-refractivity contribution in [1.29, 1.82) is 0 Å². The maximum Gasteiger partial charge on any atom is 0.0506 e. The first kappa shape index (κ1) is 12.4. The van der Waals surface area contributed by atoms with E-state index in [0.717, 1.165) is 19.8 Å². The molecule has 3 heteroatoms. The van der Waals surface area contributed by atoms with Crippen molar-refractivity contribution in [2.75, 3.05) is 44.7 Å². The summed E-state index contributed by atoms with van der Waals surface area (Å²) in [5.41, 5.74) is 1.22. The van der Waals surface area contributed by atoms with Gasteiger partial charge < -0.3 is 5.32 Å². The van der Waals surface area contributed by atoms with Crippen LogP contribution in [0.4, 0.5) is 5.69 Å². The van der Waals surface area contributed by atoms with Gasteiger partial charge in [0.25, 0.3) is 0 Å². The molecule has 1 aliphatic heterocycles. The van der Waals surface area contributed by atoms with E-state index >= 15 is 0 Å². The molecular weight excluding hydrogens is 210 g/mol. The fourth-order valence-electron chi connectivity index (χ4n) is 2.30. The molecule has 1 aromatic carbocycles. The molecular formula is C14H23N3. The third kappa shape index (κ3) is 4.02. The van der Waals surface area contributed by atoms with Crippen LogP contribution in [0, 0.1) is 0 Å². The number of nitrogens with one attached hydrogen (secondary N) is 1. The second kappa shape index (κ2) is 6.62. The second-order valence-corrected chi connectivity index (χ2v) is 4.62. The van der Waals surface area contributed by atoms with Crippen LogP contribution in [0.25, 0.3) is 0 Å². The van der Waals surface area contributed by atoms with Crippen molar-refractivity contribution in [2.24, 2.45) is 0 Å². The highest BCUT2D eigenvalue weighted by molar-refractivity contribution is 5.42. The van der Waals surface area contributed by atoms with Crippen molar-refractivity contribution in [3.05, 3.63) is 30.3 Å². The predicted molar refractivity (Wildman–Crippen MR) is 73.2 cm³/mol. The maximum absolute atomic E-state index is 3.46. The number of para-hydroxylation sites is 1. The SMILES string of the molecule is CCN1CCCN(CCNc2ccccc2)C1. The lowest BCUT2D eigenvalue weighted by Gasteiger charge is -2.34. The Hall–Kier alpha value is -1.06. The zero-order valence-electron chi connectivity index (χ0n) is 10.7. The molecule has 0 atom stereocenters. The van der Waals surface area contributed by atoms with E-state index in [1.807, 2.05) is 0 Å². The monoisotopic (exact) mass is 233 g/mol. The quantitative estimate of drug-likeness (QED) is 0.840. The Morgan fingerprint density at radius 2 is 1.88 bits per heavy atom. The molecule has 1 saturated heterocycles. The zero-order chi connectivity index (χ0) is 11.9. The van der Waals surface area contributed by atoms with Crippen LogP contribution >= 0.6 is 0 Å². The van der Waals surface area contributed by atoms with E-state index in [0.29, 0.717) is 0 Å². The van der Waals surface area contributed by atoms with E-state index < -0.39 is 0 Å². The van der Waals surface area contributed by atoms with Crippen molar-refractivity contribution >= 4 is 5.69 Å². The molecule has 3 nitrogen and oxygen atoms in total. The van der Waals surface area contributed by atoms with Gasteiger partial charge in [0.15, 0.2) is 0 Å². The largest absolute Gasteiger partial charge is 0.384 e. The van der Waals surface area contributed by atoms with Crippen LogP contribution < -0.4 is 5.32 Å². The van der Waals surface area contributed by atoms with Gasteiger partial charge in [-0.15, -0.1) is 0 Å². The van der Waals surface area contributed by atoms with Crippen molar-refractivity contribution in [2.45, 2.75) is 13.3 Å². The molecule has 94 valence electrons. The van der Waals surface area contributed by atoms with Gasteiger partial charge in [0, 0.05) is 31.9 Å². The molecule has 0 radical (unpaired) electrons. The van der Waals surface area contributed by atoms with Gasteiger partial charge in [0.1, 0.15) is 0 Å². The van der Waals surface area contributed by atoms with Crippen LogP contribution in [0.2, 0.25) is 0 Å². The van der Waals surface area contributed by atoms with E-state index in [4.69, 9.17) is 0 Å². The van der Waals surface area contributed by atoms with E-state index in [1.54, 1.807) is 0 Å². The van der Waals surface area contributed by atoms with Gasteiger partial charge in [-0.2, -0.15) is 0 Å². The number of benzene rings is 1. The number of nitrogens with zero attached hydrogens (tertiary/aromatic N) is 2. The first-order valence-electron chi connectivity index (χ1n) is 6.62. The summed E-state index contributed by atoms with van der Waals surface area (Å²) in [4.78, 5) is 5.04. The van der Waals surface area contributed by atoms with Crippen LogP contribution in [0.1, 0.15) is 13.3 Å². The van der Waals surface area contributed by atoms with Gasteiger partial charge in [0.2, 0.25) is 0 Å². The second-order valence-electron chi connectivity index (χ2n) is 4.62. The fourth-order valence-corrected chi connectivity index (χ4v) is 2.30. The Morgan fingerprint density at radius 3 is 2.65 bits per heavy atom. The lowest BCUT2D eigenvalue weighted by molar-refractivity contribution is 0.0941. The Bertz CT molecular complexity index is 313. The van der Waals surface area contributed by atoms with Crippen molar-refractivity contribution in [3.63, 3.8) is 0 Å². The third-order valence-corrected chi connectivity index (χ3v) is 3.33. The lowest BCUT2D eigenvalue weighted by atomic mass is 10.3. The number of hydrogen-bond donors (Lipinski definition) is 1. The average molecular weight is 233 g/mol. The van der Waals surface area contributed by atoms with Crippen LogP contribution in [0.5, 0.6) is 0 Å². The van der Waals surface area contributed by atoms with Crippen LogP contribution in [-0.2, 0) is 0 Å². The summed E-state index contributed by atoms with van der Waals surface area (Å²) in [5.74, 6) is 0. The summed E-state index contributed by atoms with van der Waals surface area (Å²) in [6.45, 7) is 9.21. The Labute approximate surface area is 104 Å². The first-order chi connectivity index (χ1) is 8.38. The molecule has 0 aliphatic carbocycles. The third-order valence-electron chi connectivity index (χ3n) is 3.33. The minimum Gasteiger partial charge on any atom is -0.384 e. The maximum atomic E-state index is 3.46. The lowest BCUT2D eigenvalue weighted by Crippen LogP contribution is -2.46. The predicted octanol–water partition coefficient (Wildman–Crippen LogP) is 2.08. The Balaban J connectivity index is 1.68. The van der Waals surface area contributed by atoms with E-state index in [1.165, 1.54) is 31.7 Å². The van der Waals surface area contributed by atoms with Gasteiger partial charge in [-0.3, -0.25) is 9.80 Å². The molecule has 1 aromatic rings. The van der Waals surface area contributed by atoms with E-state index in [2.05, 4.69) is 52.4 Å². The van der Waals surface area contributed by atoms with Crippen LogP contribution in [-0.4, -0.2) is 49.2 Å². The molecule has 1 fully saturated rings. The van der Waals surface area contributed by atoms with Crippen LogP contribution in [0.15, 0.2) is 30.3 Å². The summed E-state index contributed by atoms with van der Waals surface area (Å²) < 4.78 is 0. The molecule has 1 N–H and O–H groups in total. The molecule has 0 unspecified atom stereocenters. The standard InChI is InChI=1S/C14H23N3/c1-2-16-10-6-11-17(13-16)12-9-15-14-7-4-3-5-8-14/h3-5,7-8,15H,2,6,9-13H2,1H3. The highest BCUT2D eigenvalue weighted by Crippen LogP contribution is 2.07. The van der Waals surface area contributed by atoms with Crippen LogP contribution in [0.3, 0.4) is 0 Å². The molecule has 0 saturated carbocycles. The summed E-state index contributed by atoms with van der Waals surface area (Å²) >= 11 is 0. The molecule has 1 aliphatic rings. The fraction of sp³-hybridized carbons (Fsp3) is 0.571. The van der Waals surface area contributed by atoms with Crippen molar-refractivity contribution < 1.29 is 0 Å². The summed E-state index contributed by atoms with van der Waals surface area (Å²) in [6, 6.07) is 10.4. The van der Waals surface area contributed by atoms with Gasteiger partial charge >= 0.3 is 0 Å². The average Bonchev–Trinajstić information content (AvgIpc) is 2.40. The summed E-state index contributed by atoms with van der Waals surface area (Å²) in [7, 11) is 0. The number of hydrogen-bond acceptors (Lipinski definition) is 3. The van der Waals surface area contributed by atoms with Crippen molar-refractivity contribution in [3.8, 4) is 0 Å². The molecule has 0 aromatic heterocycles. The topological polar surface area (TPSA) is 18.5 Å². The smallest absolute Gasteiger partial charge is 0.0506 e. The number of rotatable bonds is 5. The first-order valence-corrected chi connectivity index (χ1v) is 6.62. The molecule has 0 amide bonds. The minimum atomic E-state index is 1.03. The molecule has 0 spiro atoms. The summed E-state index contributed by atoms with van der Waals surface area (Å²) in [5, 5.41) is 3.46. The van der Waals surface area contributed by atoms with E-state index in [9.17, 15) is 0 Å². The van der Waals surface area contributed by atoms with Crippen molar-refractivity contribution in [1.82, 2.24) is 9.80 Å². The minimum absolute atomic E-state index is 1.03. The van der Waals surface area contributed by atoms with Gasteiger partial charge in [-0.05, 0) is 25.1 Å². The zero-order valence-corrected chi connectivity index (χ0v) is 10.7. The molecule has 0 bridgehead atoms. The van der Waals surface area contributed by atoms with Gasteiger partial charge in [-0.25, -0.2) is 0 Å². The molecule has 2 rings (SSSR count). The van der Waals surface area contributed by atoms with Gasteiger partial charge in [-0.1, -0.05) is 25.1 Å². The van der Waals surface area contributed by atoms with E-state index in [-0.39, 0.29) is 0 Å². The molecule has 17 heavy (non-hydrogen) atoms. The molecule has 1 heterocycles. The summed E-state index contributed by atoms with van der Waals surface area (Å²) in [6.07, 6.45) is 1.30. The number of anilines is 1. The highest BCUT2D eigenvalue weighted by atomic mass is 15.3. The Morgan fingerprint density at radius 1 is 1.12 bits per heavy atom.